The number of anilines is 1. The van der Waals surface area contributed by atoms with Crippen LogP contribution in [0.2, 0.25) is 0 Å². The number of hydrogen-bond donors (Lipinski definition) is 1. The molecule has 0 spiro atoms. The quantitative estimate of drug-likeness (QED) is 0.385. The van der Waals surface area contributed by atoms with Gasteiger partial charge in [0, 0.05) is 16.3 Å². The molecule has 8 heteroatoms. The number of alkyl halides is 3. The van der Waals surface area contributed by atoms with Gasteiger partial charge >= 0.3 is 6.18 Å². The summed E-state index contributed by atoms with van der Waals surface area (Å²) in [5.41, 5.74) is 0.495. The highest BCUT2D eigenvalue weighted by Gasteiger charge is 2.33. The van der Waals surface area contributed by atoms with E-state index in [4.69, 9.17) is 0 Å². The number of para-hydroxylation sites is 1. The summed E-state index contributed by atoms with van der Waals surface area (Å²) in [4.78, 5) is 12.3. The third-order valence-corrected chi connectivity index (χ3v) is 5.53. The number of halogens is 3. The Balaban J connectivity index is 1.55. The van der Waals surface area contributed by atoms with Crippen molar-refractivity contribution in [1.29, 1.82) is 0 Å². The van der Waals surface area contributed by atoms with E-state index >= 15 is 0 Å². The second-order valence-electron chi connectivity index (χ2n) is 6.65. The molecule has 0 fully saturated rings. The fourth-order valence-electron chi connectivity index (χ4n) is 3.15. The lowest BCUT2D eigenvalue weighted by molar-refractivity contribution is -0.137. The number of amides is 1. The Morgan fingerprint density at radius 3 is 2.23 bits per heavy atom. The van der Waals surface area contributed by atoms with Crippen LogP contribution in [0, 0.1) is 0 Å². The molecular weight excluding hydrogens is 423 g/mol. The van der Waals surface area contributed by atoms with E-state index in [0.717, 1.165) is 39.9 Å². The van der Waals surface area contributed by atoms with Crippen LogP contribution in [-0.4, -0.2) is 21.9 Å². The average molecular weight is 439 g/mol. The Labute approximate surface area is 180 Å². The van der Waals surface area contributed by atoms with Crippen molar-refractivity contribution >= 4 is 34.1 Å². The number of carbonyl (C=O) groups excluding carboxylic acids is 1. The predicted molar refractivity (Wildman–Crippen MR) is 116 cm³/mol. The van der Waals surface area contributed by atoms with Crippen LogP contribution in [0.5, 0.6) is 0 Å². The normalized spacial score (nSPS) is 11.5. The Morgan fingerprint density at radius 2 is 1.48 bits per heavy atom. The summed E-state index contributed by atoms with van der Waals surface area (Å²) >= 11 is 1.13. The summed E-state index contributed by atoms with van der Waals surface area (Å²) < 4.78 is 39.4. The first-order valence-corrected chi connectivity index (χ1v) is 10.3. The standard InChI is InChI=1S/C23H16F3N3OS/c24-23(25,26)18-12-6-7-13-19(18)27-20(30)14-31-22-17-11-5-4-10-16(17)21(28-29-22)15-8-2-1-3-9-15/h1-13H,14H2,(H,27,30). The molecule has 4 rings (SSSR count). The molecule has 0 aliphatic carbocycles. The SMILES string of the molecule is O=C(CSc1nnc(-c2ccccc2)c2ccccc12)Nc1ccccc1C(F)(F)F. The van der Waals surface area contributed by atoms with Crippen LogP contribution in [0.3, 0.4) is 0 Å². The number of nitrogens with zero attached hydrogens (tertiary/aromatic N) is 2. The van der Waals surface area contributed by atoms with Crippen molar-refractivity contribution in [2.24, 2.45) is 0 Å². The van der Waals surface area contributed by atoms with Crippen molar-refractivity contribution in [1.82, 2.24) is 10.2 Å². The van der Waals surface area contributed by atoms with Gasteiger partial charge in [0.05, 0.1) is 17.0 Å². The first-order valence-electron chi connectivity index (χ1n) is 9.33. The van der Waals surface area contributed by atoms with Crippen LogP contribution < -0.4 is 5.32 Å². The van der Waals surface area contributed by atoms with Gasteiger partial charge in [-0.15, -0.1) is 10.2 Å². The van der Waals surface area contributed by atoms with Gasteiger partial charge in [0.2, 0.25) is 5.91 Å². The summed E-state index contributed by atoms with van der Waals surface area (Å²) in [7, 11) is 0. The largest absolute Gasteiger partial charge is 0.418 e. The van der Waals surface area contributed by atoms with E-state index in [0.29, 0.717) is 5.03 Å². The molecule has 1 heterocycles. The summed E-state index contributed by atoms with van der Waals surface area (Å²) in [6, 6.07) is 22.1. The van der Waals surface area contributed by atoms with Crippen molar-refractivity contribution in [2.75, 3.05) is 11.1 Å². The van der Waals surface area contributed by atoms with Gasteiger partial charge in [-0.2, -0.15) is 13.2 Å². The van der Waals surface area contributed by atoms with E-state index in [1.165, 1.54) is 18.2 Å². The highest BCUT2D eigenvalue weighted by molar-refractivity contribution is 8.00. The van der Waals surface area contributed by atoms with Gasteiger partial charge in [0.1, 0.15) is 10.7 Å². The molecule has 0 radical (unpaired) electrons. The number of hydrogen-bond acceptors (Lipinski definition) is 4. The fraction of sp³-hybridized carbons (Fsp3) is 0.0870. The Bertz CT molecular complexity index is 1230. The summed E-state index contributed by atoms with van der Waals surface area (Å²) in [5.74, 6) is -0.657. The van der Waals surface area contributed by atoms with Crippen LogP contribution in [0.15, 0.2) is 83.9 Å². The summed E-state index contributed by atoms with van der Waals surface area (Å²) in [5, 5.41) is 13.2. The smallest absolute Gasteiger partial charge is 0.325 e. The van der Waals surface area contributed by atoms with E-state index in [-0.39, 0.29) is 11.4 Å². The van der Waals surface area contributed by atoms with Crippen LogP contribution in [-0.2, 0) is 11.0 Å². The molecule has 1 N–H and O–H groups in total. The lowest BCUT2D eigenvalue weighted by Crippen LogP contribution is -2.18. The minimum absolute atomic E-state index is 0.102. The highest BCUT2D eigenvalue weighted by atomic mass is 32.2. The monoisotopic (exact) mass is 439 g/mol. The predicted octanol–water partition coefficient (Wildman–Crippen LogP) is 6.05. The highest BCUT2D eigenvalue weighted by Crippen LogP contribution is 2.35. The van der Waals surface area contributed by atoms with Crippen LogP contribution in [0.25, 0.3) is 22.0 Å². The van der Waals surface area contributed by atoms with E-state index in [9.17, 15) is 18.0 Å². The molecule has 0 saturated heterocycles. The fourth-order valence-corrected chi connectivity index (χ4v) is 3.93. The molecule has 1 amide bonds. The van der Waals surface area contributed by atoms with Crippen LogP contribution in [0.4, 0.5) is 18.9 Å². The van der Waals surface area contributed by atoms with Crippen molar-refractivity contribution in [3.8, 4) is 11.3 Å². The third-order valence-electron chi connectivity index (χ3n) is 4.55. The van der Waals surface area contributed by atoms with Crippen molar-refractivity contribution in [3.63, 3.8) is 0 Å². The molecule has 4 nitrogen and oxygen atoms in total. The zero-order valence-electron chi connectivity index (χ0n) is 16.1. The Kier molecular flexibility index (Phi) is 5.90. The van der Waals surface area contributed by atoms with Gasteiger partial charge in [-0.3, -0.25) is 4.79 Å². The minimum atomic E-state index is -4.55. The number of aromatic nitrogens is 2. The average Bonchev–Trinajstić information content (AvgIpc) is 2.77. The lowest BCUT2D eigenvalue weighted by Gasteiger charge is -2.13. The molecule has 0 atom stereocenters. The molecule has 31 heavy (non-hydrogen) atoms. The number of nitrogens with one attached hydrogen (secondary N) is 1. The van der Waals surface area contributed by atoms with E-state index in [1.54, 1.807) is 0 Å². The molecule has 0 saturated carbocycles. The van der Waals surface area contributed by atoms with Crippen LogP contribution in [0.1, 0.15) is 5.56 Å². The number of benzene rings is 3. The first kappa shape index (κ1) is 20.9. The van der Waals surface area contributed by atoms with Gasteiger partial charge in [-0.25, -0.2) is 0 Å². The van der Waals surface area contributed by atoms with Crippen molar-refractivity contribution in [2.45, 2.75) is 11.2 Å². The number of fused-ring (bicyclic) bond motifs is 1. The third kappa shape index (κ3) is 4.69. The summed E-state index contributed by atoms with van der Waals surface area (Å²) in [6.45, 7) is 0. The Hall–Kier alpha value is -3.39. The molecule has 0 aliphatic rings. The van der Waals surface area contributed by atoms with Gasteiger partial charge < -0.3 is 5.32 Å². The topological polar surface area (TPSA) is 54.9 Å². The molecule has 0 aliphatic heterocycles. The van der Waals surface area contributed by atoms with Crippen molar-refractivity contribution < 1.29 is 18.0 Å². The minimum Gasteiger partial charge on any atom is -0.325 e. The molecule has 0 unspecified atom stereocenters. The number of rotatable bonds is 5. The maximum atomic E-state index is 13.1. The number of carbonyl (C=O) groups is 1. The second-order valence-corrected chi connectivity index (χ2v) is 7.61. The zero-order chi connectivity index (χ0) is 21.8. The lowest BCUT2D eigenvalue weighted by atomic mass is 10.1. The van der Waals surface area contributed by atoms with E-state index in [2.05, 4.69) is 15.5 Å². The first-order chi connectivity index (χ1) is 14.9. The second kappa shape index (κ2) is 8.77. The molecule has 1 aromatic heterocycles. The summed E-state index contributed by atoms with van der Waals surface area (Å²) in [6.07, 6.45) is -4.55. The van der Waals surface area contributed by atoms with Gasteiger partial charge in [0.15, 0.2) is 0 Å². The number of thioether (sulfide) groups is 1. The van der Waals surface area contributed by atoms with E-state index < -0.39 is 17.6 Å². The van der Waals surface area contributed by atoms with Gasteiger partial charge in [-0.1, -0.05) is 78.5 Å². The molecule has 0 bridgehead atoms. The van der Waals surface area contributed by atoms with Crippen LogP contribution >= 0.6 is 11.8 Å². The maximum absolute atomic E-state index is 13.1. The molecular formula is C23H16F3N3OS. The molecule has 4 aromatic rings. The molecule has 156 valence electrons. The van der Waals surface area contributed by atoms with Gasteiger partial charge in [0.25, 0.3) is 0 Å². The van der Waals surface area contributed by atoms with Gasteiger partial charge in [-0.05, 0) is 12.1 Å². The van der Waals surface area contributed by atoms with Crippen molar-refractivity contribution in [3.05, 3.63) is 84.4 Å². The van der Waals surface area contributed by atoms with E-state index in [1.807, 2.05) is 54.6 Å². The maximum Gasteiger partial charge on any atom is 0.418 e. The zero-order valence-corrected chi connectivity index (χ0v) is 16.9. The Morgan fingerprint density at radius 1 is 0.839 bits per heavy atom. The molecule has 3 aromatic carbocycles.